The van der Waals surface area contributed by atoms with Crippen molar-refractivity contribution in [3.05, 3.63) is 69.2 Å². The monoisotopic (exact) mass is 635 g/mol. The van der Waals surface area contributed by atoms with Gasteiger partial charge >= 0.3 is 17.4 Å². The number of alkyl halides is 3. The van der Waals surface area contributed by atoms with Crippen molar-refractivity contribution in [2.24, 2.45) is 0 Å². The number of fused-ring (bicyclic) bond motifs is 2. The minimum atomic E-state index is -4.16. The molecule has 4 rings (SSSR count). The summed E-state index contributed by atoms with van der Waals surface area (Å²) in [5.74, 6) is -1.12. The molecule has 2 aliphatic heterocycles. The maximum atomic E-state index is 13.8. The van der Waals surface area contributed by atoms with E-state index in [2.05, 4.69) is 4.90 Å². The normalized spacial score (nSPS) is 20.1. The Morgan fingerprint density at radius 1 is 1.10 bits per heavy atom. The highest BCUT2D eigenvalue weighted by atomic mass is 35.5. The van der Waals surface area contributed by atoms with Gasteiger partial charge in [0.1, 0.15) is 0 Å². The van der Waals surface area contributed by atoms with Crippen molar-refractivity contribution in [1.29, 1.82) is 0 Å². The molecule has 2 aromatic rings. The number of benzene rings is 2. The number of hydrogen-bond acceptors (Lipinski definition) is 4. The van der Waals surface area contributed by atoms with Gasteiger partial charge in [0.2, 0.25) is 0 Å². The second-order valence-electron chi connectivity index (χ2n) is 10.4. The fourth-order valence-corrected chi connectivity index (χ4v) is 8.24. The highest BCUT2D eigenvalue weighted by Crippen LogP contribution is 2.47. The van der Waals surface area contributed by atoms with Gasteiger partial charge < -0.3 is 14.9 Å². The van der Waals surface area contributed by atoms with Crippen molar-refractivity contribution in [3.8, 4) is 0 Å². The van der Waals surface area contributed by atoms with Gasteiger partial charge in [-0.1, -0.05) is 53.5 Å². The highest BCUT2D eigenvalue weighted by molar-refractivity contribution is 7.85. The predicted octanol–water partition coefficient (Wildman–Crippen LogP) is 5.73. The van der Waals surface area contributed by atoms with Gasteiger partial charge in [-0.25, -0.2) is 4.79 Å². The number of piperidine rings is 1. The second kappa shape index (κ2) is 11.7. The molecule has 13 heteroatoms. The number of carboxylic acid groups (broad SMARTS) is 1. The number of nitrogens with zero attached hydrogens (tertiary/aromatic N) is 3. The molecule has 218 valence electrons. The molecule has 2 aliphatic rings. The van der Waals surface area contributed by atoms with E-state index in [1.807, 2.05) is 24.3 Å². The first-order chi connectivity index (χ1) is 18.7. The van der Waals surface area contributed by atoms with Crippen molar-refractivity contribution in [1.82, 2.24) is 14.7 Å². The van der Waals surface area contributed by atoms with Crippen molar-refractivity contribution in [3.63, 3.8) is 0 Å². The Morgan fingerprint density at radius 2 is 1.75 bits per heavy atom. The summed E-state index contributed by atoms with van der Waals surface area (Å²) in [5, 5.41) is 6.29. The van der Waals surface area contributed by atoms with Crippen molar-refractivity contribution < 1.29 is 27.7 Å². The standard InChI is InChI=1S/C27H30Cl3F2N3O4S/c1-33(23(36)27(30,31)32)17-25(34(2)24(37)38,19-7-8-21(28)22(29)15-19)9-12-35-13-10-26(11-14-35)20-6-4-3-5-18(20)16-40(26)39/h3-8,15H,9-14,16-17H2,1-2H3,(H,37,38)/t25?,40-/m1/s1. The van der Waals surface area contributed by atoms with Gasteiger partial charge in [-0.15, -0.1) is 0 Å². The van der Waals surface area contributed by atoms with Crippen LogP contribution in [-0.2, 0) is 31.6 Å². The third-order valence-corrected chi connectivity index (χ3v) is 11.2. The van der Waals surface area contributed by atoms with Gasteiger partial charge in [-0.05, 0) is 72.8 Å². The van der Waals surface area contributed by atoms with Crippen molar-refractivity contribution >= 4 is 57.6 Å². The molecule has 1 fully saturated rings. The molecule has 0 saturated carbocycles. The lowest BCUT2D eigenvalue weighted by Crippen LogP contribution is -2.57. The van der Waals surface area contributed by atoms with E-state index in [4.69, 9.17) is 34.8 Å². The average Bonchev–Trinajstić information content (AvgIpc) is 3.18. The van der Waals surface area contributed by atoms with Crippen LogP contribution in [0, 0.1) is 0 Å². The largest absolute Gasteiger partial charge is 0.465 e. The summed E-state index contributed by atoms with van der Waals surface area (Å²) in [6, 6.07) is 12.5. The van der Waals surface area contributed by atoms with Gasteiger partial charge in [0.15, 0.2) is 0 Å². The summed E-state index contributed by atoms with van der Waals surface area (Å²) >= 11 is 17.4. The zero-order valence-corrected chi connectivity index (χ0v) is 25.1. The number of carbonyl (C=O) groups excluding carboxylic acids is 1. The molecular weight excluding hydrogens is 607 g/mol. The van der Waals surface area contributed by atoms with Gasteiger partial charge in [0.25, 0.3) is 0 Å². The van der Waals surface area contributed by atoms with Gasteiger partial charge in [0.05, 0.1) is 20.3 Å². The van der Waals surface area contributed by atoms with E-state index in [-0.39, 0.29) is 16.5 Å². The molecule has 1 saturated heterocycles. The molecule has 1 spiro atoms. The summed E-state index contributed by atoms with van der Waals surface area (Å²) in [6.45, 7) is 1.19. The fraction of sp³-hybridized carbons (Fsp3) is 0.481. The number of amides is 2. The smallest absolute Gasteiger partial charge is 0.407 e. The lowest BCUT2D eigenvalue weighted by molar-refractivity contribution is -0.147. The Morgan fingerprint density at radius 3 is 2.35 bits per heavy atom. The Bertz CT molecular complexity index is 1320. The van der Waals surface area contributed by atoms with Crippen molar-refractivity contribution in [2.75, 3.05) is 40.3 Å². The van der Waals surface area contributed by atoms with Crippen LogP contribution in [0.4, 0.5) is 13.6 Å². The first-order valence-corrected chi connectivity index (χ1v) is 15.1. The molecule has 2 heterocycles. The summed E-state index contributed by atoms with van der Waals surface area (Å²) in [6.07, 6.45) is 0.163. The van der Waals surface area contributed by atoms with E-state index in [0.717, 1.165) is 28.0 Å². The van der Waals surface area contributed by atoms with Crippen molar-refractivity contribution in [2.45, 2.75) is 40.7 Å². The SMILES string of the molecule is CN(CC(CCN1CCC2(CC1)c1ccccc1C[S@]2=O)(c1ccc(Cl)c(Cl)c1)N(C)C(=O)O)C(=O)C(F)(F)Cl. The van der Waals surface area contributed by atoms with Crippen LogP contribution >= 0.6 is 34.8 Å². The van der Waals surface area contributed by atoms with E-state index < -0.39 is 45.0 Å². The molecule has 0 bridgehead atoms. The summed E-state index contributed by atoms with van der Waals surface area (Å²) in [7, 11) is 1.44. The number of carbonyl (C=O) groups is 2. The highest BCUT2D eigenvalue weighted by Gasteiger charge is 2.49. The third-order valence-electron chi connectivity index (χ3n) is 8.21. The number of likely N-dealkylation sites (N-methyl/N-ethyl adjacent to an activating group) is 2. The Hall–Kier alpha value is -1.98. The molecule has 1 unspecified atom stereocenters. The fourth-order valence-electron chi connectivity index (χ4n) is 5.90. The Balaban J connectivity index is 1.63. The lowest BCUT2D eigenvalue weighted by atomic mass is 9.83. The first-order valence-electron chi connectivity index (χ1n) is 12.6. The molecule has 2 amide bonds. The van der Waals surface area contributed by atoms with Crippen LogP contribution in [0.15, 0.2) is 42.5 Å². The quantitative estimate of drug-likeness (QED) is 0.375. The Kier molecular flexibility index (Phi) is 9.07. The predicted molar refractivity (Wildman–Crippen MR) is 153 cm³/mol. The van der Waals surface area contributed by atoms with Crippen LogP contribution in [0.1, 0.15) is 36.0 Å². The molecule has 0 aliphatic carbocycles. The number of likely N-dealkylation sites (tertiary alicyclic amines) is 1. The van der Waals surface area contributed by atoms with E-state index in [0.29, 0.717) is 43.8 Å². The number of hydrogen-bond donors (Lipinski definition) is 1. The van der Waals surface area contributed by atoms with E-state index in [1.54, 1.807) is 6.07 Å². The van der Waals surface area contributed by atoms with Crippen LogP contribution in [0.25, 0.3) is 0 Å². The second-order valence-corrected chi connectivity index (χ2v) is 13.4. The van der Waals surface area contributed by atoms with E-state index in [1.165, 1.54) is 19.2 Å². The third kappa shape index (κ3) is 5.83. The minimum absolute atomic E-state index is 0.145. The van der Waals surface area contributed by atoms with Crippen LogP contribution in [0.3, 0.4) is 0 Å². The number of halogens is 5. The van der Waals surface area contributed by atoms with Gasteiger partial charge in [-0.2, -0.15) is 8.78 Å². The zero-order valence-electron chi connectivity index (χ0n) is 22.0. The number of rotatable bonds is 8. The lowest BCUT2D eigenvalue weighted by Gasteiger charge is -2.45. The molecule has 40 heavy (non-hydrogen) atoms. The molecule has 2 atom stereocenters. The summed E-state index contributed by atoms with van der Waals surface area (Å²) in [4.78, 5) is 28.6. The van der Waals surface area contributed by atoms with E-state index in [9.17, 15) is 27.7 Å². The molecular formula is C27H30Cl3F2N3O4S. The maximum Gasteiger partial charge on any atom is 0.407 e. The summed E-state index contributed by atoms with van der Waals surface area (Å²) < 4.78 is 40.3. The van der Waals surface area contributed by atoms with E-state index >= 15 is 0 Å². The molecule has 7 nitrogen and oxygen atoms in total. The molecule has 2 aromatic carbocycles. The first kappa shape index (κ1) is 31.0. The molecule has 1 N–H and O–H groups in total. The Labute approximate surface area is 249 Å². The average molecular weight is 637 g/mol. The topological polar surface area (TPSA) is 81.2 Å². The summed E-state index contributed by atoms with van der Waals surface area (Å²) in [5.41, 5.74) is 1.17. The van der Waals surface area contributed by atoms with Crippen LogP contribution < -0.4 is 0 Å². The molecule has 0 aromatic heterocycles. The van der Waals surface area contributed by atoms with Crippen LogP contribution in [0.5, 0.6) is 0 Å². The minimum Gasteiger partial charge on any atom is -0.465 e. The maximum absolute atomic E-state index is 13.8. The van der Waals surface area contributed by atoms with Gasteiger partial charge in [0, 0.05) is 43.7 Å². The van der Waals surface area contributed by atoms with Crippen LogP contribution in [0.2, 0.25) is 10.0 Å². The van der Waals surface area contributed by atoms with Crippen LogP contribution in [-0.4, -0.2) is 81.7 Å². The molecule has 0 radical (unpaired) electrons. The van der Waals surface area contributed by atoms with Gasteiger partial charge in [-0.3, -0.25) is 13.9 Å². The zero-order chi connectivity index (χ0) is 29.5.